The van der Waals surface area contributed by atoms with Crippen LogP contribution in [-0.2, 0) is 11.3 Å². The van der Waals surface area contributed by atoms with Gasteiger partial charge in [0.25, 0.3) is 0 Å². The number of Topliss-reactive ketones (excluding diaryl/α,β-unsaturated/α-hetero) is 1. The fraction of sp³-hybridized carbons (Fsp3) is 0.208. The molecular weight excluding hydrogens is 400 g/mol. The van der Waals surface area contributed by atoms with E-state index in [1.165, 1.54) is 37.4 Å². The highest BCUT2D eigenvalue weighted by Gasteiger charge is 2.17. The molecule has 160 valence electrons. The van der Waals surface area contributed by atoms with Gasteiger partial charge in [-0.15, -0.1) is 0 Å². The number of hydrogen-bond donors (Lipinski definition) is 1. The quantitative estimate of drug-likeness (QED) is 0.320. The number of nitrogens with zero attached hydrogens (tertiary/aromatic N) is 3. The molecule has 5 nitrogen and oxygen atoms in total. The first kappa shape index (κ1) is 22.1. The van der Waals surface area contributed by atoms with Crippen molar-refractivity contribution in [2.45, 2.75) is 25.8 Å². The Kier molecular flexibility index (Phi) is 7.07. The molecule has 7 heteroatoms. The summed E-state index contributed by atoms with van der Waals surface area (Å²) in [7, 11) is 1.44. The number of imidazole rings is 1. The number of ketones is 1. The van der Waals surface area contributed by atoms with Gasteiger partial charge in [0.1, 0.15) is 17.5 Å². The van der Waals surface area contributed by atoms with Crippen molar-refractivity contribution >= 4 is 18.1 Å². The highest BCUT2D eigenvalue weighted by molar-refractivity contribution is 6.35. The summed E-state index contributed by atoms with van der Waals surface area (Å²) in [5, 5.41) is 9.96. The molecule has 0 spiro atoms. The average Bonchev–Trinajstić information content (AvgIpc) is 3.16. The van der Waals surface area contributed by atoms with Gasteiger partial charge in [-0.25, -0.2) is 13.8 Å². The molecule has 31 heavy (non-hydrogen) atoms. The summed E-state index contributed by atoms with van der Waals surface area (Å²) < 4.78 is 29.3. The highest BCUT2D eigenvalue weighted by atomic mass is 19.1. The minimum atomic E-state index is -0.614. The topological polar surface area (TPSA) is 67.5 Å². The smallest absolute Gasteiger partial charge is 0.237 e. The number of carbonyl (C=O) groups is 1. The molecule has 0 aliphatic heterocycles. The number of aryl methyl sites for hydroxylation is 2. The molecule has 0 saturated carbocycles. The van der Waals surface area contributed by atoms with Crippen LogP contribution in [0.3, 0.4) is 0 Å². The highest BCUT2D eigenvalue weighted by Crippen LogP contribution is 2.30. The lowest BCUT2D eigenvalue weighted by Crippen LogP contribution is -2.09. The first-order valence-corrected chi connectivity index (χ1v) is 9.78. The Labute approximate surface area is 179 Å². The third kappa shape index (κ3) is 5.72. The maximum Gasteiger partial charge on any atom is 0.237 e. The van der Waals surface area contributed by atoms with Crippen LogP contribution in [0.5, 0.6) is 0 Å². The molecule has 0 aliphatic rings. The number of rotatable bonds is 8. The zero-order chi connectivity index (χ0) is 22.4. The molecular formula is C24H23F2N3O2. The molecule has 1 N–H and O–H groups in total. The van der Waals surface area contributed by atoms with Crippen LogP contribution in [0.15, 0.2) is 65.6 Å². The van der Waals surface area contributed by atoms with E-state index in [4.69, 9.17) is 0 Å². The number of allylic oxidation sites excluding steroid dienone is 1. The molecule has 1 aromatic heterocycles. The largest absolute Gasteiger partial charge is 0.504 e. The molecule has 0 bridgehead atoms. The first-order valence-electron chi connectivity index (χ1n) is 9.78. The van der Waals surface area contributed by atoms with E-state index in [1.54, 1.807) is 29.1 Å². The third-order valence-electron chi connectivity index (χ3n) is 4.91. The average molecular weight is 423 g/mol. The number of benzene rings is 2. The maximum atomic E-state index is 14.1. The summed E-state index contributed by atoms with van der Waals surface area (Å²) in [6.45, 7) is 2.30. The molecule has 1 heterocycles. The summed E-state index contributed by atoms with van der Waals surface area (Å²) in [5.41, 5.74) is 2.45. The summed E-state index contributed by atoms with van der Waals surface area (Å²) >= 11 is 0. The summed E-state index contributed by atoms with van der Waals surface area (Å²) in [5.74, 6) is -1.52. The molecule has 3 rings (SSSR count). The Bertz CT molecular complexity index is 1100. The molecule has 0 radical (unpaired) electrons. The van der Waals surface area contributed by atoms with Gasteiger partial charge in [-0.3, -0.25) is 9.79 Å². The second-order valence-corrected chi connectivity index (χ2v) is 7.21. The zero-order valence-electron chi connectivity index (χ0n) is 17.3. The van der Waals surface area contributed by atoms with Crippen LogP contribution < -0.4 is 0 Å². The van der Waals surface area contributed by atoms with Crippen molar-refractivity contribution in [1.29, 1.82) is 0 Å². The van der Waals surface area contributed by atoms with Crippen molar-refractivity contribution in [3.05, 3.63) is 94.8 Å². The molecule has 3 aromatic rings. The number of aliphatic hydroxyl groups excluding tert-OH is 1. The number of aliphatic imine (C=N–C) groups is 1. The normalized spacial score (nSPS) is 13.0. The lowest BCUT2D eigenvalue weighted by atomic mass is 9.87. The minimum absolute atomic E-state index is 0.184. The predicted octanol–water partition coefficient (Wildman–Crippen LogP) is 4.86. The van der Waals surface area contributed by atoms with E-state index in [2.05, 4.69) is 9.98 Å². The third-order valence-corrected chi connectivity index (χ3v) is 4.91. The predicted molar refractivity (Wildman–Crippen MR) is 116 cm³/mol. The minimum Gasteiger partial charge on any atom is -0.504 e. The van der Waals surface area contributed by atoms with Crippen LogP contribution in [-0.4, -0.2) is 33.7 Å². The first-order chi connectivity index (χ1) is 14.9. The van der Waals surface area contributed by atoms with E-state index in [-0.39, 0.29) is 17.6 Å². The van der Waals surface area contributed by atoms with Crippen LogP contribution in [0, 0.1) is 18.6 Å². The lowest BCUT2D eigenvalue weighted by Gasteiger charge is -2.20. The number of halogens is 2. The monoisotopic (exact) mass is 423 g/mol. The van der Waals surface area contributed by atoms with Crippen molar-refractivity contribution in [3.8, 4) is 0 Å². The molecule has 0 unspecified atom stereocenters. The Morgan fingerprint density at radius 2 is 1.90 bits per heavy atom. The second-order valence-electron chi connectivity index (χ2n) is 7.21. The summed E-state index contributed by atoms with van der Waals surface area (Å²) in [6.07, 6.45) is 6.17. The molecule has 0 saturated heterocycles. The maximum absolute atomic E-state index is 14.1. The Hall–Kier alpha value is -3.61. The van der Waals surface area contributed by atoms with Gasteiger partial charge < -0.3 is 9.67 Å². The van der Waals surface area contributed by atoms with Crippen molar-refractivity contribution in [2.24, 2.45) is 4.99 Å². The second kappa shape index (κ2) is 9.93. The number of aromatic nitrogens is 2. The van der Waals surface area contributed by atoms with Crippen LogP contribution in [0.25, 0.3) is 6.08 Å². The van der Waals surface area contributed by atoms with E-state index >= 15 is 0 Å². The van der Waals surface area contributed by atoms with Crippen LogP contribution in [0.4, 0.5) is 8.78 Å². The summed E-state index contributed by atoms with van der Waals surface area (Å²) in [6, 6.07) is 11.0. The van der Waals surface area contributed by atoms with Crippen molar-refractivity contribution in [3.63, 3.8) is 0 Å². The van der Waals surface area contributed by atoms with E-state index in [0.29, 0.717) is 18.8 Å². The van der Waals surface area contributed by atoms with Gasteiger partial charge >= 0.3 is 0 Å². The molecule has 1 atom stereocenters. The number of carbonyl (C=O) groups excluding carboxylic acids is 1. The van der Waals surface area contributed by atoms with Gasteiger partial charge in [-0.05, 0) is 54.3 Å². The van der Waals surface area contributed by atoms with Crippen molar-refractivity contribution < 1.29 is 18.7 Å². The van der Waals surface area contributed by atoms with Crippen LogP contribution >= 0.6 is 0 Å². The molecule has 0 aliphatic carbocycles. The van der Waals surface area contributed by atoms with E-state index < -0.39 is 11.5 Å². The molecule has 2 aromatic carbocycles. The van der Waals surface area contributed by atoms with Crippen molar-refractivity contribution in [2.75, 3.05) is 7.05 Å². The van der Waals surface area contributed by atoms with Gasteiger partial charge in [0, 0.05) is 38.0 Å². The Balaban J connectivity index is 1.89. The van der Waals surface area contributed by atoms with E-state index in [1.807, 2.05) is 13.0 Å². The Morgan fingerprint density at radius 1 is 1.16 bits per heavy atom. The van der Waals surface area contributed by atoms with Gasteiger partial charge in [-0.2, -0.15) is 0 Å². The number of hydrogen-bond acceptors (Lipinski definition) is 4. The fourth-order valence-corrected chi connectivity index (χ4v) is 3.48. The fourth-order valence-electron chi connectivity index (χ4n) is 3.48. The van der Waals surface area contributed by atoms with E-state index in [0.717, 1.165) is 22.9 Å². The SMILES string of the molecule is CN=CC(=O)/C(O)=C/c1nccn1CC[C@@H](c1ccc(F)cc1)c1cc(C)cc(F)c1. The van der Waals surface area contributed by atoms with E-state index in [9.17, 15) is 18.7 Å². The Morgan fingerprint density at radius 3 is 2.58 bits per heavy atom. The van der Waals surface area contributed by atoms with Gasteiger partial charge in [0.15, 0.2) is 5.76 Å². The molecule has 0 fully saturated rings. The number of aliphatic hydroxyl groups is 1. The lowest BCUT2D eigenvalue weighted by molar-refractivity contribution is -0.111. The van der Waals surface area contributed by atoms with Crippen LogP contribution in [0.2, 0.25) is 0 Å². The molecule has 0 amide bonds. The van der Waals surface area contributed by atoms with Gasteiger partial charge in [0.05, 0.1) is 6.21 Å². The standard InChI is InChI=1S/C24H23F2N3O2/c1-16-11-18(13-20(26)12-16)21(17-3-5-19(25)6-4-17)7-9-29-10-8-28-24(29)14-22(30)23(31)15-27-2/h3-6,8,10-15,21,30H,7,9H2,1-2H3/b22-14-,27-15?/t21-/m0/s1. The zero-order valence-corrected chi connectivity index (χ0v) is 17.3. The van der Waals surface area contributed by atoms with Gasteiger partial charge in [-0.1, -0.05) is 18.2 Å². The van der Waals surface area contributed by atoms with Gasteiger partial charge in [0.2, 0.25) is 5.78 Å². The van der Waals surface area contributed by atoms with Crippen LogP contribution in [0.1, 0.15) is 34.9 Å². The van der Waals surface area contributed by atoms with Crippen molar-refractivity contribution in [1.82, 2.24) is 9.55 Å². The summed E-state index contributed by atoms with van der Waals surface area (Å²) in [4.78, 5) is 19.5.